The quantitative estimate of drug-likeness (QED) is 0.736. The Hall–Kier alpha value is -2.18. The number of carbonyl (C=O) groups is 1. The Balaban J connectivity index is 1.96. The van der Waals surface area contributed by atoms with Gasteiger partial charge in [0.25, 0.3) is 0 Å². The van der Waals surface area contributed by atoms with Crippen LogP contribution in [0.1, 0.15) is 5.56 Å². The number of hydrogen-bond acceptors (Lipinski definition) is 4. The molecule has 2 aromatic heterocycles. The van der Waals surface area contributed by atoms with Crippen LogP contribution in [0.2, 0.25) is 0 Å². The molecule has 0 aliphatic carbocycles. The van der Waals surface area contributed by atoms with Gasteiger partial charge in [-0.15, -0.1) is 5.10 Å². The van der Waals surface area contributed by atoms with E-state index in [0.717, 1.165) is 5.56 Å². The Morgan fingerprint density at radius 3 is 3.13 bits per heavy atom. The number of hydrogen-bond donors (Lipinski definition) is 2. The van der Waals surface area contributed by atoms with E-state index in [1.165, 1.54) is 10.9 Å². The fourth-order valence-electron chi connectivity index (χ4n) is 1.12. The van der Waals surface area contributed by atoms with Gasteiger partial charge >= 0.3 is 0 Å². The third-order valence-corrected chi connectivity index (χ3v) is 1.87. The van der Waals surface area contributed by atoms with Gasteiger partial charge in [-0.3, -0.25) is 9.89 Å². The zero-order valence-electron chi connectivity index (χ0n) is 8.14. The molecule has 2 N–H and O–H groups in total. The smallest absolute Gasteiger partial charge is 0.247 e. The molecule has 0 spiro atoms. The highest BCUT2D eigenvalue weighted by Gasteiger charge is 2.06. The minimum atomic E-state index is -0.173. The number of rotatable bonds is 3. The van der Waals surface area contributed by atoms with E-state index in [1.54, 1.807) is 12.4 Å². The molecule has 7 nitrogen and oxygen atoms in total. The van der Waals surface area contributed by atoms with Crippen LogP contribution in [0.4, 0.5) is 5.82 Å². The third kappa shape index (κ3) is 2.19. The van der Waals surface area contributed by atoms with E-state index in [0.29, 0.717) is 5.82 Å². The highest BCUT2D eigenvalue weighted by Crippen LogP contribution is 2.07. The SMILES string of the molecule is Cc1cn[nH]c1NC(=O)Cn1ccnn1. The lowest BCUT2D eigenvalue weighted by molar-refractivity contribution is -0.117. The average Bonchev–Trinajstić information content (AvgIpc) is 2.79. The molecule has 1 amide bonds. The predicted octanol–water partition coefficient (Wildman–Crippen LogP) is -0.0517. The fraction of sp³-hybridized carbons (Fsp3) is 0.250. The predicted molar refractivity (Wildman–Crippen MR) is 52.0 cm³/mol. The highest BCUT2D eigenvalue weighted by atomic mass is 16.2. The molecule has 0 bridgehead atoms. The van der Waals surface area contributed by atoms with E-state index in [-0.39, 0.29) is 12.5 Å². The fourth-order valence-corrected chi connectivity index (χ4v) is 1.12. The average molecular weight is 206 g/mol. The van der Waals surface area contributed by atoms with Crippen molar-refractivity contribution in [2.24, 2.45) is 0 Å². The van der Waals surface area contributed by atoms with Gasteiger partial charge in [-0.05, 0) is 6.92 Å². The summed E-state index contributed by atoms with van der Waals surface area (Å²) in [6, 6.07) is 0. The first kappa shape index (κ1) is 9.38. The van der Waals surface area contributed by atoms with E-state index < -0.39 is 0 Å². The molecule has 0 atom stereocenters. The minimum absolute atomic E-state index is 0.137. The Kier molecular flexibility index (Phi) is 2.44. The molecule has 0 saturated carbocycles. The highest BCUT2D eigenvalue weighted by molar-refractivity contribution is 5.90. The van der Waals surface area contributed by atoms with Crippen molar-refractivity contribution in [1.82, 2.24) is 25.2 Å². The van der Waals surface area contributed by atoms with Crippen LogP contribution in [0.25, 0.3) is 0 Å². The molecule has 2 heterocycles. The van der Waals surface area contributed by atoms with Crippen LogP contribution >= 0.6 is 0 Å². The Bertz CT molecular complexity index is 445. The Morgan fingerprint density at radius 2 is 2.53 bits per heavy atom. The first-order chi connectivity index (χ1) is 7.25. The van der Waals surface area contributed by atoms with Gasteiger partial charge in [0.05, 0.1) is 12.4 Å². The Morgan fingerprint density at radius 1 is 1.67 bits per heavy atom. The first-order valence-corrected chi connectivity index (χ1v) is 4.39. The third-order valence-electron chi connectivity index (χ3n) is 1.87. The summed E-state index contributed by atoms with van der Waals surface area (Å²) in [4.78, 5) is 11.5. The number of carbonyl (C=O) groups excluding carboxylic acids is 1. The molecule has 0 fully saturated rings. The number of anilines is 1. The van der Waals surface area contributed by atoms with Crippen molar-refractivity contribution in [3.05, 3.63) is 24.2 Å². The van der Waals surface area contributed by atoms with Crippen LogP contribution in [0.5, 0.6) is 0 Å². The van der Waals surface area contributed by atoms with Gasteiger partial charge in [0.2, 0.25) is 5.91 Å². The normalized spacial score (nSPS) is 10.2. The van der Waals surface area contributed by atoms with Crippen LogP contribution in [0, 0.1) is 6.92 Å². The van der Waals surface area contributed by atoms with Crippen molar-refractivity contribution in [3.63, 3.8) is 0 Å². The summed E-state index contributed by atoms with van der Waals surface area (Å²) in [5.41, 5.74) is 0.891. The summed E-state index contributed by atoms with van der Waals surface area (Å²) in [6.45, 7) is 1.99. The van der Waals surface area contributed by atoms with Crippen molar-refractivity contribution in [2.45, 2.75) is 13.5 Å². The number of aryl methyl sites for hydroxylation is 1. The molecule has 0 aromatic carbocycles. The first-order valence-electron chi connectivity index (χ1n) is 4.39. The van der Waals surface area contributed by atoms with Gasteiger partial charge in [-0.25, -0.2) is 4.68 Å². The minimum Gasteiger partial charge on any atom is -0.309 e. The second-order valence-electron chi connectivity index (χ2n) is 3.08. The number of aromatic nitrogens is 5. The maximum atomic E-state index is 11.5. The molecule has 15 heavy (non-hydrogen) atoms. The van der Waals surface area contributed by atoms with E-state index in [4.69, 9.17) is 0 Å². The summed E-state index contributed by atoms with van der Waals surface area (Å²) in [5.74, 6) is 0.438. The zero-order valence-corrected chi connectivity index (χ0v) is 8.14. The summed E-state index contributed by atoms with van der Waals surface area (Å²) in [6.07, 6.45) is 4.79. The molecule has 78 valence electrons. The van der Waals surface area contributed by atoms with Gasteiger partial charge in [0, 0.05) is 11.8 Å². The van der Waals surface area contributed by atoms with Gasteiger partial charge in [0.1, 0.15) is 12.4 Å². The summed E-state index contributed by atoms with van der Waals surface area (Å²) >= 11 is 0. The number of H-pyrrole nitrogens is 1. The maximum Gasteiger partial charge on any atom is 0.247 e. The van der Waals surface area contributed by atoms with Crippen molar-refractivity contribution < 1.29 is 4.79 Å². The second kappa shape index (κ2) is 3.91. The molecule has 0 saturated heterocycles. The lowest BCUT2D eigenvalue weighted by Crippen LogP contribution is -2.19. The summed E-state index contributed by atoms with van der Waals surface area (Å²) in [7, 11) is 0. The monoisotopic (exact) mass is 206 g/mol. The lowest BCUT2D eigenvalue weighted by atomic mass is 10.4. The molecule has 0 unspecified atom stereocenters. The molecule has 0 radical (unpaired) electrons. The number of amides is 1. The van der Waals surface area contributed by atoms with Crippen LogP contribution in [-0.4, -0.2) is 31.1 Å². The molecule has 0 aliphatic heterocycles. The van der Waals surface area contributed by atoms with Crippen molar-refractivity contribution in [1.29, 1.82) is 0 Å². The standard InChI is InChI=1S/C8H10N6O/c1-6-4-10-12-8(6)11-7(15)5-14-3-2-9-13-14/h2-4H,5H2,1H3,(H2,10,11,12,15). The van der Waals surface area contributed by atoms with E-state index in [2.05, 4.69) is 25.8 Å². The van der Waals surface area contributed by atoms with E-state index >= 15 is 0 Å². The van der Waals surface area contributed by atoms with Crippen LogP contribution < -0.4 is 5.32 Å². The molecular weight excluding hydrogens is 196 g/mol. The molecule has 0 aliphatic rings. The number of aromatic amines is 1. The topological polar surface area (TPSA) is 88.5 Å². The van der Waals surface area contributed by atoms with Gasteiger partial charge in [-0.1, -0.05) is 5.21 Å². The van der Waals surface area contributed by atoms with Gasteiger partial charge in [0.15, 0.2) is 0 Å². The molecule has 2 aromatic rings. The van der Waals surface area contributed by atoms with Crippen molar-refractivity contribution >= 4 is 11.7 Å². The lowest BCUT2D eigenvalue weighted by Gasteiger charge is -2.02. The number of nitrogens with zero attached hydrogens (tertiary/aromatic N) is 4. The van der Waals surface area contributed by atoms with Crippen LogP contribution in [0.3, 0.4) is 0 Å². The Labute approximate surface area is 85.5 Å². The largest absolute Gasteiger partial charge is 0.309 e. The van der Waals surface area contributed by atoms with Gasteiger partial charge < -0.3 is 5.32 Å². The second-order valence-corrected chi connectivity index (χ2v) is 3.08. The van der Waals surface area contributed by atoms with Gasteiger partial charge in [-0.2, -0.15) is 5.10 Å². The summed E-state index contributed by atoms with van der Waals surface area (Å²) in [5, 5.41) is 16.5. The molecular formula is C8H10N6O. The van der Waals surface area contributed by atoms with Crippen LogP contribution in [-0.2, 0) is 11.3 Å². The van der Waals surface area contributed by atoms with Crippen LogP contribution in [0.15, 0.2) is 18.6 Å². The van der Waals surface area contributed by atoms with E-state index in [9.17, 15) is 4.79 Å². The molecule has 7 heteroatoms. The van der Waals surface area contributed by atoms with E-state index in [1.807, 2.05) is 6.92 Å². The zero-order chi connectivity index (χ0) is 10.7. The maximum absolute atomic E-state index is 11.5. The number of nitrogens with one attached hydrogen (secondary N) is 2. The summed E-state index contributed by atoms with van der Waals surface area (Å²) < 4.78 is 1.45. The molecule has 2 rings (SSSR count). The van der Waals surface area contributed by atoms with Crippen molar-refractivity contribution in [2.75, 3.05) is 5.32 Å². The van der Waals surface area contributed by atoms with Crippen molar-refractivity contribution in [3.8, 4) is 0 Å².